The van der Waals surface area contributed by atoms with Crippen molar-refractivity contribution < 1.29 is 0 Å². The van der Waals surface area contributed by atoms with E-state index in [4.69, 9.17) is 0 Å². The number of thioether (sulfide) groups is 1. The quantitative estimate of drug-likeness (QED) is 0.184. The molecule has 2 aromatic rings. The number of guanidine groups is 1. The highest BCUT2D eigenvalue weighted by Gasteiger charge is 2.06. The van der Waals surface area contributed by atoms with Crippen molar-refractivity contribution in [3.8, 4) is 0 Å². The lowest BCUT2D eigenvalue weighted by molar-refractivity contribution is 0.475. The molecule has 144 valence electrons. The third kappa shape index (κ3) is 7.84. The van der Waals surface area contributed by atoms with E-state index in [0.717, 1.165) is 44.0 Å². The molecule has 0 spiro atoms. The maximum absolute atomic E-state index is 4.51. The van der Waals surface area contributed by atoms with Crippen LogP contribution in [0.25, 0.3) is 0 Å². The van der Waals surface area contributed by atoms with Gasteiger partial charge in [-0.2, -0.15) is 0 Å². The van der Waals surface area contributed by atoms with Gasteiger partial charge in [-0.25, -0.2) is 4.98 Å². The van der Waals surface area contributed by atoms with Crippen molar-refractivity contribution in [3.05, 3.63) is 45.9 Å². The minimum Gasteiger partial charge on any atom is -0.356 e. The van der Waals surface area contributed by atoms with E-state index in [1.54, 1.807) is 23.1 Å². The van der Waals surface area contributed by atoms with Crippen molar-refractivity contribution in [3.63, 3.8) is 0 Å². The van der Waals surface area contributed by atoms with Gasteiger partial charge < -0.3 is 10.2 Å². The average Bonchev–Trinajstić information content (AvgIpc) is 3.04. The molecule has 26 heavy (non-hydrogen) atoms. The molecule has 1 aromatic heterocycles. The van der Waals surface area contributed by atoms with Crippen LogP contribution in [0.4, 0.5) is 0 Å². The lowest BCUT2D eigenvalue weighted by Gasteiger charge is -2.22. The molecule has 0 aliphatic heterocycles. The van der Waals surface area contributed by atoms with E-state index in [0.29, 0.717) is 0 Å². The molecule has 1 heterocycles. The van der Waals surface area contributed by atoms with Gasteiger partial charge in [-0.1, -0.05) is 12.1 Å². The predicted octanol–water partition coefficient (Wildman–Crippen LogP) is 4.82. The Labute approximate surface area is 182 Å². The summed E-state index contributed by atoms with van der Waals surface area (Å²) >= 11 is 3.53. The number of rotatable bonds is 8. The van der Waals surface area contributed by atoms with Crippen LogP contribution in [0, 0.1) is 6.92 Å². The summed E-state index contributed by atoms with van der Waals surface area (Å²) in [7, 11) is 3.92. The fourth-order valence-electron chi connectivity index (χ4n) is 2.58. The molecule has 4 nitrogen and oxygen atoms in total. The van der Waals surface area contributed by atoms with Crippen LogP contribution < -0.4 is 5.32 Å². The van der Waals surface area contributed by atoms with Gasteiger partial charge in [-0.05, 0) is 50.1 Å². The summed E-state index contributed by atoms with van der Waals surface area (Å²) in [5.41, 5.74) is 2.42. The van der Waals surface area contributed by atoms with Gasteiger partial charge in [-0.15, -0.1) is 47.1 Å². The standard InChI is InChI=1S/C19H28N4S2.HI/c1-15-14-25-18(22-15)7-5-6-12-21-19(20-2)23(3)13-16-8-10-17(24-4)11-9-16;/h8-11,14H,5-7,12-13H2,1-4H3,(H,20,21);1H. The zero-order chi connectivity index (χ0) is 18.1. The van der Waals surface area contributed by atoms with Crippen molar-refractivity contribution in [1.82, 2.24) is 15.2 Å². The highest BCUT2D eigenvalue weighted by atomic mass is 127. The summed E-state index contributed by atoms with van der Waals surface area (Å²) in [5.74, 6) is 0.944. The zero-order valence-corrected chi connectivity index (χ0v) is 20.0. The summed E-state index contributed by atoms with van der Waals surface area (Å²) in [4.78, 5) is 12.4. The van der Waals surface area contributed by atoms with E-state index in [-0.39, 0.29) is 24.0 Å². The number of benzene rings is 1. The van der Waals surface area contributed by atoms with Crippen molar-refractivity contribution in [2.24, 2.45) is 4.99 Å². The monoisotopic (exact) mass is 504 g/mol. The number of aryl methyl sites for hydroxylation is 2. The maximum Gasteiger partial charge on any atom is 0.193 e. The Morgan fingerprint density at radius 3 is 2.58 bits per heavy atom. The summed E-state index contributed by atoms with van der Waals surface area (Å²) in [6.07, 6.45) is 5.43. The minimum atomic E-state index is 0. The second kappa shape index (κ2) is 12.6. The number of hydrogen-bond donors (Lipinski definition) is 1. The molecule has 1 N–H and O–H groups in total. The van der Waals surface area contributed by atoms with Gasteiger partial charge in [-0.3, -0.25) is 4.99 Å². The average molecular weight is 505 g/mol. The number of unbranched alkanes of at least 4 members (excludes halogenated alkanes) is 1. The van der Waals surface area contributed by atoms with E-state index in [1.807, 2.05) is 7.05 Å². The first-order chi connectivity index (χ1) is 12.1. The molecule has 0 aliphatic rings. The number of halogens is 1. The molecule has 0 unspecified atom stereocenters. The topological polar surface area (TPSA) is 40.5 Å². The van der Waals surface area contributed by atoms with Crippen molar-refractivity contribution in [2.75, 3.05) is 26.9 Å². The Morgan fingerprint density at radius 2 is 2.00 bits per heavy atom. The van der Waals surface area contributed by atoms with Crippen LogP contribution in [-0.2, 0) is 13.0 Å². The molecule has 0 aliphatic carbocycles. The maximum atomic E-state index is 4.51. The van der Waals surface area contributed by atoms with Gasteiger partial charge in [0.05, 0.1) is 5.01 Å². The van der Waals surface area contributed by atoms with Gasteiger partial charge >= 0.3 is 0 Å². The molecule has 7 heteroatoms. The van der Waals surface area contributed by atoms with E-state index >= 15 is 0 Å². The Hall–Kier alpha value is -0.800. The largest absolute Gasteiger partial charge is 0.356 e. The first-order valence-electron chi connectivity index (χ1n) is 8.58. The smallest absolute Gasteiger partial charge is 0.193 e. The van der Waals surface area contributed by atoms with Crippen LogP contribution in [0.3, 0.4) is 0 Å². The first-order valence-corrected chi connectivity index (χ1v) is 10.7. The summed E-state index contributed by atoms with van der Waals surface area (Å²) in [5, 5.41) is 6.82. The normalized spacial score (nSPS) is 11.2. The highest BCUT2D eigenvalue weighted by molar-refractivity contribution is 14.0. The van der Waals surface area contributed by atoms with Crippen LogP contribution in [0.2, 0.25) is 0 Å². The third-order valence-electron chi connectivity index (χ3n) is 3.92. The van der Waals surface area contributed by atoms with Crippen LogP contribution >= 0.6 is 47.1 Å². The van der Waals surface area contributed by atoms with Gasteiger partial charge in [0.1, 0.15) is 0 Å². The molecule has 0 fully saturated rings. The molecule has 0 bridgehead atoms. The van der Waals surface area contributed by atoms with E-state index in [9.17, 15) is 0 Å². The number of hydrogen-bond acceptors (Lipinski definition) is 4. The number of aromatic nitrogens is 1. The van der Waals surface area contributed by atoms with E-state index < -0.39 is 0 Å². The van der Waals surface area contributed by atoms with Crippen molar-refractivity contribution in [2.45, 2.75) is 37.6 Å². The lowest BCUT2D eigenvalue weighted by Crippen LogP contribution is -2.38. The summed E-state index contributed by atoms with van der Waals surface area (Å²) in [6.45, 7) is 3.84. The summed E-state index contributed by atoms with van der Waals surface area (Å²) in [6, 6.07) is 8.71. The van der Waals surface area contributed by atoms with Gasteiger partial charge in [0.25, 0.3) is 0 Å². The fraction of sp³-hybridized carbons (Fsp3) is 0.474. The Bertz CT molecular complexity index is 670. The molecule has 0 atom stereocenters. The molecule has 1 aromatic carbocycles. The van der Waals surface area contributed by atoms with Gasteiger partial charge in [0.2, 0.25) is 0 Å². The molecule has 0 amide bonds. The van der Waals surface area contributed by atoms with E-state index in [2.05, 4.69) is 70.1 Å². The first kappa shape index (κ1) is 23.2. The molecule has 0 saturated carbocycles. The SMILES string of the molecule is CN=C(NCCCCc1nc(C)cs1)N(C)Cc1ccc(SC)cc1.I. The summed E-state index contributed by atoms with van der Waals surface area (Å²) < 4.78 is 0. The van der Waals surface area contributed by atoms with E-state index in [1.165, 1.54) is 15.5 Å². The molecule has 0 saturated heterocycles. The predicted molar refractivity (Wildman–Crippen MR) is 126 cm³/mol. The van der Waals surface area contributed by atoms with Crippen molar-refractivity contribution in [1.29, 1.82) is 0 Å². The van der Waals surface area contributed by atoms with Gasteiger partial charge in [0, 0.05) is 43.2 Å². The Kier molecular flexibility index (Phi) is 11.2. The van der Waals surface area contributed by atoms with Crippen LogP contribution in [-0.4, -0.2) is 42.7 Å². The number of nitrogens with one attached hydrogen (secondary N) is 1. The van der Waals surface area contributed by atoms with Crippen LogP contribution in [0.1, 0.15) is 29.1 Å². The second-order valence-corrected chi connectivity index (χ2v) is 7.84. The Balaban J connectivity index is 0.00000338. The number of nitrogens with zero attached hydrogens (tertiary/aromatic N) is 3. The second-order valence-electron chi connectivity index (χ2n) is 6.02. The molecular formula is C19H29IN4S2. The van der Waals surface area contributed by atoms with Crippen LogP contribution in [0.15, 0.2) is 39.5 Å². The minimum absolute atomic E-state index is 0. The molecule has 0 radical (unpaired) electrons. The molecular weight excluding hydrogens is 475 g/mol. The lowest BCUT2D eigenvalue weighted by atomic mass is 10.2. The fourth-order valence-corrected chi connectivity index (χ4v) is 3.81. The third-order valence-corrected chi connectivity index (χ3v) is 5.69. The Morgan fingerprint density at radius 1 is 1.27 bits per heavy atom. The highest BCUT2D eigenvalue weighted by Crippen LogP contribution is 2.15. The molecule has 2 rings (SSSR count). The van der Waals surface area contributed by atoms with Crippen LogP contribution in [0.5, 0.6) is 0 Å². The van der Waals surface area contributed by atoms with Gasteiger partial charge in [0.15, 0.2) is 5.96 Å². The number of aliphatic imine (C=N–C) groups is 1. The van der Waals surface area contributed by atoms with Crippen molar-refractivity contribution >= 4 is 53.0 Å². The zero-order valence-electron chi connectivity index (χ0n) is 16.0. The number of thiazole rings is 1.